The maximum atomic E-state index is 11.6. The molecule has 0 saturated heterocycles. The zero-order valence-electron chi connectivity index (χ0n) is 8.79. The normalized spacial score (nSPS) is 22.3. The molecule has 0 aromatic carbocycles. The summed E-state index contributed by atoms with van der Waals surface area (Å²) in [4.78, 5) is 13.2. The van der Waals surface area contributed by atoms with E-state index >= 15 is 0 Å². The monoisotopic (exact) mass is 217 g/mol. The molecule has 0 radical (unpaired) electrons. The van der Waals surface area contributed by atoms with Crippen LogP contribution in [0.4, 0.5) is 4.79 Å². The molecule has 1 atom stereocenters. The summed E-state index contributed by atoms with van der Waals surface area (Å²) in [6, 6.07) is 0. The van der Waals surface area contributed by atoms with Crippen molar-refractivity contribution in [2.75, 3.05) is 13.1 Å². The van der Waals surface area contributed by atoms with Gasteiger partial charge in [0.25, 0.3) is 0 Å². The third-order valence-electron chi connectivity index (χ3n) is 1.72. The van der Waals surface area contributed by atoms with Gasteiger partial charge in [-0.15, -0.1) is 11.6 Å². The highest BCUT2D eigenvalue weighted by Gasteiger charge is 2.24. The van der Waals surface area contributed by atoms with Gasteiger partial charge >= 0.3 is 6.09 Å². The van der Waals surface area contributed by atoms with E-state index in [1.807, 2.05) is 32.9 Å². The van der Waals surface area contributed by atoms with E-state index in [4.69, 9.17) is 16.3 Å². The molecule has 0 spiro atoms. The lowest BCUT2D eigenvalue weighted by Crippen LogP contribution is -2.41. The summed E-state index contributed by atoms with van der Waals surface area (Å²) in [5, 5.41) is -0.101. The molecule has 1 aliphatic rings. The van der Waals surface area contributed by atoms with Crippen LogP contribution >= 0.6 is 11.6 Å². The second kappa shape index (κ2) is 4.22. The molecule has 0 aliphatic carbocycles. The molecule has 0 fully saturated rings. The van der Waals surface area contributed by atoms with Gasteiger partial charge in [-0.1, -0.05) is 12.2 Å². The number of hydrogen-bond acceptors (Lipinski definition) is 2. The van der Waals surface area contributed by atoms with Crippen LogP contribution in [0, 0.1) is 0 Å². The minimum absolute atomic E-state index is 0.101. The van der Waals surface area contributed by atoms with Crippen molar-refractivity contribution in [1.29, 1.82) is 0 Å². The average molecular weight is 218 g/mol. The molecule has 0 saturated carbocycles. The zero-order chi connectivity index (χ0) is 10.8. The van der Waals surface area contributed by atoms with Crippen molar-refractivity contribution in [3.63, 3.8) is 0 Å². The van der Waals surface area contributed by atoms with Crippen molar-refractivity contribution in [3.05, 3.63) is 12.2 Å². The van der Waals surface area contributed by atoms with E-state index in [-0.39, 0.29) is 11.5 Å². The fraction of sp³-hybridized carbons (Fsp3) is 0.700. The summed E-state index contributed by atoms with van der Waals surface area (Å²) >= 11 is 5.89. The van der Waals surface area contributed by atoms with E-state index < -0.39 is 5.60 Å². The maximum absolute atomic E-state index is 11.6. The first kappa shape index (κ1) is 11.4. The van der Waals surface area contributed by atoms with Crippen LogP contribution in [0.2, 0.25) is 0 Å². The molecule has 0 bridgehead atoms. The van der Waals surface area contributed by atoms with Crippen LogP contribution in [0.1, 0.15) is 20.8 Å². The fourth-order valence-electron chi connectivity index (χ4n) is 1.16. The summed E-state index contributed by atoms with van der Waals surface area (Å²) in [6.45, 7) is 6.65. The maximum Gasteiger partial charge on any atom is 0.410 e. The highest BCUT2D eigenvalue weighted by molar-refractivity contribution is 6.22. The molecule has 0 aromatic rings. The standard InChI is InChI=1S/C10H16ClNO2/c1-10(2,3)14-9(13)12-6-4-5-8(11)7-12/h4-5,8H,6-7H2,1-3H3/t8-/m1/s1. The molecule has 80 valence electrons. The Hall–Kier alpha value is -0.700. The Morgan fingerprint density at radius 3 is 2.71 bits per heavy atom. The fourth-order valence-corrected chi connectivity index (χ4v) is 1.43. The summed E-state index contributed by atoms with van der Waals surface area (Å²) in [7, 11) is 0. The number of nitrogens with zero attached hydrogens (tertiary/aromatic N) is 1. The minimum atomic E-state index is -0.444. The van der Waals surface area contributed by atoms with Crippen LogP contribution in [0.15, 0.2) is 12.2 Å². The van der Waals surface area contributed by atoms with Crippen molar-refractivity contribution in [2.45, 2.75) is 31.7 Å². The SMILES string of the molecule is CC(C)(C)OC(=O)N1CC=C[C@@H](Cl)C1. The first-order chi connectivity index (χ1) is 6.38. The van der Waals surface area contributed by atoms with Gasteiger partial charge in [-0.3, -0.25) is 0 Å². The van der Waals surface area contributed by atoms with E-state index in [9.17, 15) is 4.79 Å². The van der Waals surface area contributed by atoms with Crippen LogP contribution < -0.4 is 0 Å². The number of alkyl halides is 1. The van der Waals surface area contributed by atoms with Gasteiger partial charge in [-0.25, -0.2) is 4.79 Å². The molecule has 0 N–H and O–H groups in total. The topological polar surface area (TPSA) is 29.5 Å². The minimum Gasteiger partial charge on any atom is -0.444 e. The van der Waals surface area contributed by atoms with Crippen LogP contribution in [0.5, 0.6) is 0 Å². The average Bonchev–Trinajstić information content (AvgIpc) is 2.01. The highest BCUT2D eigenvalue weighted by Crippen LogP contribution is 2.14. The van der Waals surface area contributed by atoms with E-state index in [0.717, 1.165) is 0 Å². The van der Waals surface area contributed by atoms with E-state index in [1.54, 1.807) is 4.90 Å². The van der Waals surface area contributed by atoms with Crippen molar-refractivity contribution in [2.24, 2.45) is 0 Å². The van der Waals surface area contributed by atoms with Gasteiger partial charge in [0.15, 0.2) is 0 Å². The van der Waals surface area contributed by atoms with Gasteiger partial charge in [-0.2, -0.15) is 0 Å². The van der Waals surface area contributed by atoms with E-state index in [2.05, 4.69) is 0 Å². The first-order valence-electron chi connectivity index (χ1n) is 4.67. The molecule has 1 heterocycles. The molecule has 0 aromatic heterocycles. The van der Waals surface area contributed by atoms with Gasteiger partial charge in [0.2, 0.25) is 0 Å². The molecular weight excluding hydrogens is 202 g/mol. The van der Waals surface area contributed by atoms with Crippen molar-refractivity contribution in [3.8, 4) is 0 Å². The summed E-state index contributed by atoms with van der Waals surface area (Å²) in [5.74, 6) is 0. The third kappa shape index (κ3) is 3.58. The van der Waals surface area contributed by atoms with Crippen molar-refractivity contribution in [1.82, 2.24) is 4.90 Å². The summed E-state index contributed by atoms with van der Waals surface area (Å²) in [6.07, 6.45) is 3.47. The van der Waals surface area contributed by atoms with Crippen molar-refractivity contribution >= 4 is 17.7 Å². The Bertz CT molecular complexity index is 245. The Morgan fingerprint density at radius 1 is 1.57 bits per heavy atom. The smallest absolute Gasteiger partial charge is 0.410 e. The zero-order valence-corrected chi connectivity index (χ0v) is 9.54. The Labute approximate surface area is 89.7 Å². The molecular formula is C10H16ClNO2. The molecule has 1 aliphatic heterocycles. The Balaban J connectivity index is 2.50. The molecule has 14 heavy (non-hydrogen) atoms. The molecule has 4 heteroatoms. The van der Waals surface area contributed by atoms with Gasteiger partial charge in [-0.05, 0) is 20.8 Å². The third-order valence-corrected chi connectivity index (χ3v) is 2.00. The highest BCUT2D eigenvalue weighted by atomic mass is 35.5. The predicted octanol–water partition coefficient (Wildman–Crippen LogP) is 2.40. The number of hydrogen-bond donors (Lipinski definition) is 0. The van der Waals surface area contributed by atoms with Crippen LogP contribution in [-0.2, 0) is 4.74 Å². The van der Waals surface area contributed by atoms with Crippen LogP contribution in [0.25, 0.3) is 0 Å². The predicted molar refractivity (Wildman–Crippen MR) is 56.6 cm³/mol. The molecule has 1 amide bonds. The molecule has 1 rings (SSSR count). The number of amides is 1. The summed E-state index contributed by atoms with van der Waals surface area (Å²) < 4.78 is 5.22. The number of carbonyl (C=O) groups is 1. The quantitative estimate of drug-likeness (QED) is 0.461. The Kier molecular flexibility index (Phi) is 3.43. The second-order valence-electron chi connectivity index (χ2n) is 4.33. The molecule has 3 nitrogen and oxygen atoms in total. The van der Waals surface area contributed by atoms with Gasteiger partial charge in [0.1, 0.15) is 5.60 Å². The number of rotatable bonds is 0. The lowest BCUT2D eigenvalue weighted by Gasteiger charge is -2.29. The van der Waals surface area contributed by atoms with Crippen LogP contribution in [0.3, 0.4) is 0 Å². The number of ether oxygens (including phenoxy) is 1. The van der Waals surface area contributed by atoms with Crippen LogP contribution in [-0.4, -0.2) is 35.1 Å². The first-order valence-corrected chi connectivity index (χ1v) is 5.11. The lowest BCUT2D eigenvalue weighted by atomic mass is 10.2. The number of carbonyl (C=O) groups excluding carboxylic acids is 1. The number of halogens is 1. The largest absolute Gasteiger partial charge is 0.444 e. The van der Waals surface area contributed by atoms with Gasteiger partial charge < -0.3 is 9.64 Å². The second-order valence-corrected chi connectivity index (χ2v) is 4.89. The molecule has 0 unspecified atom stereocenters. The Morgan fingerprint density at radius 2 is 2.21 bits per heavy atom. The van der Waals surface area contributed by atoms with E-state index in [1.165, 1.54) is 0 Å². The summed E-state index contributed by atoms with van der Waals surface area (Å²) in [5.41, 5.74) is -0.444. The van der Waals surface area contributed by atoms with Crippen molar-refractivity contribution < 1.29 is 9.53 Å². The van der Waals surface area contributed by atoms with Gasteiger partial charge in [0.05, 0.1) is 5.38 Å². The van der Waals surface area contributed by atoms with E-state index in [0.29, 0.717) is 13.1 Å². The van der Waals surface area contributed by atoms with Gasteiger partial charge in [0, 0.05) is 13.1 Å². The lowest BCUT2D eigenvalue weighted by molar-refractivity contribution is 0.0270.